The van der Waals surface area contributed by atoms with Crippen LogP contribution in [0.3, 0.4) is 0 Å². The van der Waals surface area contributed by atoms with Crippen molar-refractivity contribution in [1.29, 1.82) is 0 Å². The second-order valence-electron chi connectivity index (χ2n) is 4.57. The fourth-order valence-electron chi connectivity index (χ4n) is 2.17. The Hall–Kier alpha value is -1.42. The Morgan fingerprint density at radius 3 is 3.00 bits per heavy atom. The number of amides is 1. The van der Waals surface area contributed by atoms with E-state index in [9.17, 15) is 4.79 Å². The molecule has 1 atom stereocenters. The predicted molar refractivity (Wildman–Crippen MR) is 67.0 cm³/mol. The molecule has 4 heteroatoms. The van der Waals surface area contributed by atoms with Crippen LogP contribution in [0.25, 0.3) is 0 Å². The van der Waals surface area contributed by atoms with E-state index in [1.54, 1.807) is 6.20 Å². The molecule has 1 fully saturated rings. The van der Waals surface area contributed by atoms with Crippen LogP contribution in [0, 0.1) is 6.92 Å². The SMILES string of the molecule is CN[C@@H]1CCCN(C(=O)c2ccc(C)nc2)C1. The summed E-state index contributed by atoms with van der Waals surface area (Å²) in [7, 11) is 1.95. The molecule has 1 N–H and O–H groups in total. The van der Waals surface area contributed by atoms with Crippen molar-refractivity contribution in [2.24, 2.45) is 0 Å². The summed E-state index contributed by atoms with van der Waals surface area (Å²) in [5.74, 6) is 0.0949. The van der Waals surface area contributed by atoms with E-state index in [1.165, 1.54) is 0 Å². The summed E-state index contributed by atoms with van der Waals surface area (Å²) in [4.78, 5) is 18.3. The highest BCUT2D eigenvalue weighted by Gasteiger charge is 2.23. The molecular formula is C13H19N3O. The quantitative estimate of drug-likeness (QED) is 0.835. The maximum Gasteiger partial charge on any atom is 0.255 e. The summed E-state index contributed by atoms with van der Waals surface area (Å²) in [6.45, 7) is 3.57. The van der Waals surface area contributed by atoms with Crippen molar-refractivity contribution in [3.63, 3.8) is 0 Å². The van der Waals surface area contributed by atoms with Crippen LogP contribution in [0.1, 0.15) is 28.9 Å². The number of hydrogen-bond donors (Lipinski definition) is 1. The molecule has 0 aliphatic carbocycles. The van der Waals surface area contributed by atoms with Crippen molar-refractivity contribution >= 4 is 5.91 Å². The number of aryl methyl sites for hydroxylation is 1. The third-order valence-electron chi connectivity index (χ3n) is 3.28. The molecule has 4 nitrogen and oxygen atoms in total. The van der Waals surface area contributed by atoms with Gasteiger partial charge in [0.2, 0.25) is 0 Å². The largest absolute Gasteiger partial charge is 0.337 e. The summed E-state index contributed by atoms with van der Waals surface area (Å²) in [6, 6.07) is 4.16. The second kappa shape index (κ2) is 5.27. The number of likely N-dealkylation sites (N-methyl/N-ethyl adjacent to an activating group) is 1. The first-order valence-electron chi connectivity index (χ1n) is 6.10. The first kappa shape index (κ1) is 12.0. The molecule has 17 heavy (non-hydrogen) atoms. The van der Waals surface area contributed by atoms with Gasteiger partial charge >= 0.3 is 0 Å². The predicted octanol–water partition coefficient (Wildman–Crippen LogP) is 1.21. The van der Waals surface area contributed by atoms with E-state index in [0.717, 1.165) is 31.6 Å². The zero-order valence-electron chi connectivity index (χ0n) is 10.4. The number of nitrogens with one attached hydrogen (secondary N) is 1. The van der Waals surface area contributed by atoms with Gasteiger partial charge in [-0.2, -0.15) is 0 Å². The Morgan fingerprint density at radius 2 is 2.35 bits per heavy atom. The van der Waals surface area contributed by atoms with Gasteiger partial charge < -0.3 is 10.2 Å². The number of piperidine rings is 1. The van der Waals surface area contributed by atoms with E-state index in [-0.39, 0.29) is 5.91 Å². The zero-order valence-corrected chi connectivity index (χ0v) is 10.4. The molecule has 92 valence electrons. The van der Waals surface area contributed by atoms with Crippen molar-refractivity contribution in [1.82, 2.24) is 15.2 Å². The topological polar surface area (TPSA) is 45.2 Å². The fourth-order valence-corrected chi connectivity index (χ4v) is 2.17. The zero-order chi connectivity index (χ0) is 12.3. The molecule has 2 rings (SSSR count). The van der Waals surface area contributed by atoms with E-state index in [2.05, 4.69) is 10.3 Å². The lowest BCUT2D eigenvalue weighted by molar-refractivity contribution is 0.0698. The number of carbonyl (C=O) groups excluding carboxylic acids is 1. The highest BCUT2D eigenvalue weighted by Crippen LogP contribution is 2.13. The number of likely N-dealkylation sites (tertiary alicyclic amines) is 1. The lowest BCUT2D eigenvalue weighted by Gasteiger charge is -2.32. The summed E-state index contributed by atoms with van der Waals surface area (Å²) < 4.78 is 0. The van der Waals surface area contributed by atoms with Gasteiger partial charge in [0.15, 0.2) is 0 Å². The van der Waals surface area contributed by atoms with Crippen molar-refractivity contribution < 1.29 is 4.79 Å². The molecular weight excluding hydrogens is 214 g/mol. The van der Waals surface area contributed by atoms with Crippen molar-refractivity contribution in [3.8, 4) is 0 Å². The molecule has 1 aliphatic rings. The molecule has 0 bridgehead atoms. The van der Waals surface area contributed by atoms with Gasteiger partial charge in [0, 0.05) is 31.0 Å². The number of hydrogen-bond acceptors (Lipinski definition) is 3. The van der Waals surface area contributed by atoms with Crippen molar-refractivity contribution in [2.75, 3.05) is 20.1 Å². The molecule has 0 saturated carbocycles. The van der Waals surface area contributed by atoms with Crippen molar-refractivity contribution in [3.05, 3.63) is 29.6 Å². The molecule has 0 aromatic carbocycles. The highest BCUT2D eigenvalue weighted by atomic mass is 16.2. The number of aromatic nitrogens is 1. The van der Waals surface area contributed by atoms with E-state index >= 15 is 0 Å². The molecule has 1 amide bonds. The first-order valence-corrected chi connectivity index (χ1v) is 6.10. The van der Waals surface area contributed by atoms with Crippen molar-refractivity contribution in [2.45, 2.75) is 25.8 Å². The third-order valence-corrected chi connectivity index (χ3v) is 3.28. The number of pyridine rings is 1. The van der Waals surface area contributed by atoms with E-state index in [1.807, 2.05) is 31.0 Å². The summed E-state index contributed by atoms with van der Waals surface area (Å²) in [6.07, 6.45) is 3.88. The van der Waals surface area contributed by atoms with Crippen LogP contribution in [0.2, 0.25) is 0 Å². The van der Waals surface area contributed by atoms with Crippen LogP contribution >= 0.6 is 0 Å². The standard InChI is InChI=1S/C13H19N3O/c1-10-5-6-11(8-15-10)13(17)16-7-3-4-12(9-16)14-2/h5-6,8,12,14H,3-4,7,9H2,1-2H3/t12-/m1/s1. The monoisotopic (exact) mass is 233 g/mol. The van der Waals surface area contributed by atoms with Gasteiger partial charge in [-0.15, -0.1) is 0 Å². The van der Waals surface area contributed by atoms with Crippen LogP contribution in [-0.2, 0) is 0 Å². The lowest BCUT2D eigenvalue weighted by Crippen LogP contribution is -2.46. The number of nitrogens with zero attached hydrogens (tertiary/aromatic N) is 2. The Labute approximate surface area is 102 Å². The Morgan fingerprint density at radius 1 is 1.53 bits per heavy atom. The van der Waals surface area contributed by atoms with Crippen LogP contribution in [0.4, 0.5) is 0 Å². The molecule has 0 unspecified atom stereocenters. The minimum atomic E-state index is 0.0949. The Bertz CT molecular complexity index is 388. The summed E-state index contributed by atoms with van der Waals surface area (Å²) in [5, 5.41) is 3.24. The average Bonchev–Trinajstić information content (AvgIpc) is 2.39. The Kier molecular flexibility index (Phi) is 3.74. The van der Waals surface area contributed by atoms with Crippen LogP contribution in [0.15, 0.2) is 18.3 Å². The van der Waals surface area contributed by atoms with Gasteiger partial charge in [0.25, 0.3) is 5.91 Å². The lowest BCUT2D eigenvalue weighted by atomic mass is 10.1. The van der Waals surface area contributed by atoms with Gasteiger partial charge in [-0.3, -0.25) is 9.78 Å². The summed E-state index contributed by atoms with van der Waals surface area (Å²) >= 11 is 0. The molecule has 0 spiro atoms. The maximum atomic E-state index is 12.2. The van der Waals surface area contributed by atoms with Crippen LogP contribution < -0.4 is 5.32 Å². The number of carbonyl (C=O) groups is 1. The van der Waals surface area contributed by atoms with E-state index < -0.39 is 0 Å². The summed E-state index contributed by atoms with van der Waals surface area (Å²) in [5.41, 5.74) is 1.63. The number of rotatable bonds is 2. The molecule has 2 heterocycles. The highest BCUT2D eigenvalue weighted by molar-refractivity contribution is 5.94. The van der Waals surface area contributed by atoms with Crippen LogP contribution in [-0.4, -0.2) is 42.0 Å². The minimum absolute atomic E-state index is 0.0949. The second-order valence-corrected chi connectivity index (χ2v) is 4.57. The smallest absolute Gasteiger partial charge is 0.255 e. The van der Waals surface area contributed by atoms with Gasteiger partial charge in [-0.1, -0.05) is 0 Å². The van der Waals surface area contributed by atoms with E-state index in [0.29, 0.717) is 11.6 Å². The molecule has 0 radical (unpaired) electrons. The maximum absolute atomic E-state index is 12.2. The van der Waals surface area contributed by atoms with Gasteiger partial charge in [0.1, 0.15) is 0 Å². The Balaban J connectivity index is 2.06. The van der Waals surface area contributed by atoms with Gasteiger partial charge in [0.05, 0.1) is 5.56 Å². The molecule has 1 aromatic rings. The molecule has 1 aromatic heterocycles. The first-order chi connectivity index (χ1) is 8.20. The van der Waals surface area contributed by atoms with Crippen LogP contribution in [0.5, 0.6) is 0 Å². The minimum Gasteiger partial charge on any atom is -0.337 e. The normalized spacial score (nSPS) is 20.4. The van der Waals surface area contributed by atoms with Gasteiger partial charge in [-0.05, 0) is 38.9 Å². The fraction of sp³-hybridized carbons (Fsp3) is 0.538. The van der Waals surface area contributed by atoms with E-state index in [4.69, 9.17) is 0 Å². The molecule has 1 aliphatic heterocycles. The average molecular weight is 233 g/mol. The molecule has 1 saturated heterocycles. The third kappa shape index (κ3) is 2.82. The van der Waals surface area contributed by atoms with Gasteiger partial charge in [-0.25, -0.2) is 0 Å².